The number of thioether (sulfide) groups is 1. The van der Waals surface area contributed by atoms with Gasteiger partial charge in [-0.1, -0.05) is 58.0 Å². The zero-order valence-electron chi connectivity index (χ0n) is 9.63. The summed E-state index contributed by atoms with van der Waals surface area (Å²) in [5.74, 6) is -1.74. The number of carbonyl (C=O) groups is 2. The topological polar surface area (TPSA) is 92.4 Å². The minimum Gasteiger partial charge on any atom is -0.480 e. The summed E-state index contributed by atoms with van der Waals surface area (Å²) in [5, 5.41) is 10.3. The Morgan fingerprint density at radius 2 is 1.70 bits per heavy atom. The number of nitrogens with one attached hydrogen (secondary N) is 1. The second-order valence-corrected chi connectivity index (χ2v) is 6.53. The average molecular weight is 403 g/mol. The van der Waals surface area contributed by atoms with E-state index in [4.69, 9.17) is 68.8 Å². The zero-order valence-corrected chi connectivity index (χ0v) is 14.2. The summed E-state index contributed by atoms with van der Waals surface area (Å²) in [4.78, 5) is 21.7. The SMILES string of the molecule is NC(CSC(Cl)=C(Cl)C(Cl)=C(Cl)Cl)C(=O)NCC(=O)O. The summed E-state index contributed by atoms with van der Waals surface area (Å²) in [6.07, 6.45) is 0. The van der Waals surface area contributed by atoms with Crippen LogP contribution < -0.4 is 11.1 Å². The molecule has 0 bridgehead atoms. The standard InChI is InChI=1S/C9H9Cl5N2O3S/c10-5(7(12)13)6(11)8(14)20-2-3(15)9(19)16-1-4(17)18/h3H,1-2,15H2,(H,16,19)(H,17,18). The van der Waals surface area contributed by atoms with E-state index in [1.54, 1.807) is 0 Å². The summed E-state index contributed by atoms with van der Waals surface area (Å²) in [6.45, 7) is -0.516. The van der Waals surface area contributed by atoms with Crippen LogP contribution in [-0.2, 0) is 9.59 Å². The summed E-state index contributed by atoms with van der Waals surface area (Å²) in [5.41, 5.74) is 5.54. The first-order valence-electron chi connectivity index (χ1n) is 4.81. The van der Waals surface area contributed by atoms with E-state index in [2.05, 4.69) is 5.32 Å². The van der Waals surface area contributed by atoms with Crippen molar-refractivity contribution in [1.82, 2.24) is 5.32 Å². The number of amides is 1. The molecule has 0 spiro atoms. The van der Waals surface area contributed by atoms with Gasteiger partial charge in [-0.15, -0.1) is 11.8 Å². The van der Waals surface area contributed by atoms with Crippen molar-refractivity contribution in [3.05, 3.63) is 18.9 Å². The van der Waals surface area contributed by atoms with Crippen LogP contribution in [0.3, 0.4) is 0 Å². The van der Waals surface area contributed by atoms with Gasteiger partial charge in [0.2, 0.25) is 5.91 Å². The van der Waals surface area contributed by atoms with Crippen molar-refractivity contribution in [1.29, 1.82) is 0 Å². The lowest BCUT2D eigenvalue weighted by Gasteiger charge is -2.11. The molecule has 0 saturated heterocycles. The molecule has 20 heavy (non-hydrogen) atoms. The minimum absolute atomic E-state index is 0.0527. The number of allylic oxidation sites excluding steroid dienone is 2. The lowest BCUT2D eigenvalue weighted by molar-refractivity contribution is -0.138. The van der Waals surface area contributed by atoms with E-state index in [1.165, 1.54) is 0 Å². The fraction of sp³-hybridized carbons (Fsp3) is 0.333. The number of carboxylic acid groups (broad SMARTS) is 1. The molecule has 0 aliphatic heterocycles. The van der Waals surface area contributed by atoms with Gasteiger partial charge in [0.05, 0.1) is 20.5 Å². The molecule has 114 valence electrons. The van der Waals surface area contributed by atoms with Crippen LogP contribution in [0.15, 0.2) is 18.9 Å². The highest BCUT2D eigenvalue weighted by Gasteiger charge is 2.17. The van der Waals surface area contributed by atoms with E-state index >= 15 is 0 Å². The van der Waals surface area contributed by atoms with Crippen molar-refractivity contribution in [3.8, 4) is 0 Å². The molecule has 11 heteroatoms. The molecule has 0 aliphatic rings. The molecular weight excluding hydrogens is 393 g/mol. The van der Waals surface area contributed by atoms with Crippen molar-refractivity contribution in [3.63, 3.8) is 0 Å². The molecule has 0 aromatic rings. The van der Waals surface area contributed by atoms with Gasteiger partial charge in [-0.2, -0.15) is 0 Å². The van der Waals surface area contributed by atoms with E-state index < -0.39 is 24.5 Å². The molecule has 0 rings (SSSR count). The number of carbonyl (C=O) groups excluding carboxylic acids is 1. The van der Waals surface area contributed by atoms with Crippen LogP contribution in [0.5, 0.6) is 0 Å². The maximum atomic E-state index is 11.4. The van der Waals surface area contributed by atoms with E-state index in [-0.39, 0.29) is 24.7 Å². The number of carboxylic acids is 1. The Bertz CT molecular complexity index is 451. The second-order valence-electron chi connectivity index (χ2n) is 3.19. The van der Waals surface area contributed by atoms with Crippen LogP contribution >= 0.6 is 69.8 Å². The molecule has 1 amide bonds. The number of halogens is 5. The Morgan fingerprint density at radius 1 is 1.15 bits per heavy atom. The molecule has 0 aliphatic carbocycles. The molecular formula is C9H9Cl5N2O3S. The summed E-state index contributed by atoms with van der Waals surface area (Å²) >= 11 is 29.1. The van der Waals surface area contributed by atoms with Gasteiger partial charge >= 0.3 is 5.97 Å². The highest BCUT2D eigenvalue weighted by Crippen LogP contribution is 2.36. The van der Waals surface area contributed by atoms with E-state index in [9.17, 15) is 9.59 Å². The molecule has 0 fully saturated rings. The molecule has 0 heterocycles. The molecule has 4 N–H and O–H groups in total. The minimum atomic E-state index is -1.17. The van der Waals surface area contributed by atoms with Crippen LogP contribution in [0, 0.1) is 0 Å². The first kappa shape index (κ1) is 20.2. The van der Waals surface area contributed by atoms with Crippen LogP contribution in [0.4, 0.5) is 0 Å². The van der Waals surface area contributed by atoms with Crippen molar-refractivity contribution < 1.29 is 14.7 Å². The van der Waals surface area contributed by atoms with E-state index in [1.807, 2.05) is 0 Å². The molecule has 0 aromatic heterocycles. The highest BCUT2D eigenvalue weighted by molar-refractivity contribution is 8.04. The summed E-state index contributed by atoms with van der Waals surface area (Å²) in [7, 11) is 0. The monoisotopic (exact) mass is 400 g/mol. The van der Waals surface area contributed by atoms with Crippen LogP contribution in [-0.4, -0.2) is 35.3 Å². The highest BCUT2D eigenvalue weighted by atomic mass is 35.5. The van der Waals surface area contributed by atoms with Crippen molar-refractivity contribution in [2.24, 2.45) is 5.73 Å². The smallest absolute Gasteiger partial charge is 0.322 e. The second kappa shape index (κ2) is 10.00. The van der Waals surface area contributed by atoms with Crippen molar-refractivity contribution in [2.75, 3.05) is 12.3 Å². The molecule has 1 unspecified atom stereocenters. The first-order chi connectivity index (χ1) is 9.16. The average Bonchev–Trinajstić information content (AvgIpc) is 2.39. The third-order valence-corrected chi connectivity index (χ3v) is 4.80. The largest absolute Gasteiger partial charge is 0.480 e. The quantitative estimate of drug-likeness (QED) is 0.570. The fourth-order valence-corrected chi connectivity index (χ4v) is 2.50. The predicted octanol–water partition coefficient (Wildman–Crippen LogP) is 2.78. The maximum absolute atomic E-state index is 11.4. The number of aliphatic carboxylic acids is 1. The molecule has 5 nitrogen and oxygen atoms in total. The lowest BCUT2D eigenvalue weighted by Crippen LogP contribution is -2.44. The Hall–Kier alpha value is 0.180. The first-order valence-corrected chi connectivity index (χ1v) is 7.68. The van der Waals surface area contributed by atoms with Gasteiger partial charge in [-0.05, 0) is 0 Å². The van der Waals surface area contributed by atoms with Crippen molar-refractivity contribution in [2.45, 2.75) is 6.04 Å². The maximum Gasteiger partial charge on any atom is 0.322 e. The fourth-order valence-electron chi connectivity index (χ4n) is 0.765. The lowest BCUT2D eigenvalue weighted by atomic mass is 10.3. The molecule has 0 radical (unpaired) electrons. The molecule has 0 aromatic carbocycles. The Balaban J connectivity index is 4.48. The van der Waals surface area contributed by atoms with Crippen LogP contribution in [0.2, 0.25) is 0 Å². The Labute approximate surface area is 144 Å². The van der Waals surface area contributed by atoms with Gasteiger partial charge in [-0.25, -0.2) is 0 Å². The number of nitrogens with two attached hydrogens (primary N) is 1. The van der Waals surface area contributed by atoms with Gasteiger partial charge in [0.1, 0.15) is 11.0 Å². The van der Waals surface area contributed by atoms with E-state index in [0.717, 1.165) is 11.8 Å². The summed E-state index contributed by atoms with van der Waals surface area (Å²) in [6, 6.07) is -0.966. The number of hydrogen-bond donors (Lipinski definition) is 3. The third kappa shape index (κ3) is 7.83. The van der Waals surface area contributed by atoms with Gasteiger partial charge < -0.3 is 16.2 Å². The van der Waals surface area contributed by atoms with Crippen LogP contribution in [0.1, 0.15) is 0 Å². The van der Waals surface area contributed by atoms with Gasteiger partial charge in [-0.3, -0.25) is 9.59 Å². The zero-order chi connectivity index (χ0) is 15.9. The van der Waals surface area contributed by atoms with E-state index in [0.29, 0.717) is 0 Å². The molecule has 1 atom stereocenters. The van der Waals surface area contributed by atoms with Gasteiger partial charge in [0, 0.05) is 5.75 Å². The normalized spacial score (nSPS) is 13.3. The Morgan fingerprint density at radius 3 is 2.15 bits per heavy atom. The third-order valence-electron chi connectivity index (χ3n) is 1.67. The van der Waals surface area contributed by atoms with Gasteiger partial charge in [0.15, 0.2) is 0 Å². The van der Waals surface area contributed by atoms with Crippen LogP contribution in [0.25, 0.3) is 0 Å². The summed E-state index contributed by atoms with van der Waals surface area (Å²) < 4.78 is -0.198. The number of hydrogen-bond acceptors (Lipinski definition) is 4. The molecule has 0 saturated carbocycles. The van der Waals surface area contributed by atoms with Gasteiger partial charge in [0.25, 0.3) is 0 Å². The number of rotatable bonds is 7. The predicted molar refractivity (Wildman–Crippen MR) is 84.4 cm³/mol. The Kier molecular flexibility index (Phi) is 10.1. The van der Waals surface area contributed by atoms with Crippen molar-refractivity contribution >= 4 is 81.6 Å².